The molecule has 4 rings (SSSR count). The van der Waals surface area contributed by atoms with E-state index in [9.17, 15) is 29.1 Å². The Hall–Kier alpha value is -6.03. The molecule has 5 N–H and O–H groups in total. The first-order chi connectivity index (χ1) is 24.5. The summed E-state index contributed by atoms with van der Waals surface area (Å²) in [6.07, 6.45) is -2.35. The van der Waals surface area contributed by atoms with Gasteiger partial charge in [0.15, 0.2) is 28.9 Å². The maximum absolute atomic E-state index is 13.0. The van der Waals surface area contributed by atoms with E-state index in [0.717, 1.165) is 11.7 Å². The first kappa shape index (κ1) is 43.1. The number of carboxylic acid groups (broad SMARTS) is 1. The van der Waals surface area contributed by atoms with Gasteiger partial charge in [0, 0.05) is 25.2 Å². The Balaban J connectivity index is 0.000000362. The van der Waals surface area contributed by atoms with Crippen LogP contribution in [0, 0.1) is 0 Å². The summed E-state index contributed by atoms with van der Waals surface area (Å²) in [5.41, 5.74) is -1.23. The number of ketones is 1. The van der Waals surface area contributed by atoms with Crippen molar-refractivity contribution in [3.8, 4) is 22.8 Å². The summed E-state index contributed by atoms with van der Waals surface area (Å²) < 4.78 is 16.9. The van der Waals surface area contributed by atoms with Crippen molar-refractivity contribution in [2.24, 2.45) is 0 Å². The Labute approximate surface area is 307 Å². The summed E-state index contributed by atoms with van der Waals surface area (Å²) in [6, 6.07) is 17.9. The molecule has 0 bridgehead atoms. The molecule has 0 saturated carbocycles. The van der Waals surface area contributed by atoms with Gasteiger partial charge in [-0.25, -0.2) is 33.7 Å². The third-order valence-electron chi connectivity index (χ3n) is 6.02. The van der Waals surface area contributed by atoms with Crippen LogP contribution in [0.4, 0.5) is 26.0 Å². The highest BCUT2D eigenvalue weighted by atomic mass is 16.6. The zero-order chi connectivity index (χ0) is 40.3. The molecule has 2 amide bonds. The summed E-state index contributed by atoms with van der Waals surface area (Å²) >= 11 is 0. The number of carbonyl (C=O) groups is 5. The van der Waals surface area contributed by atoms with Gasteiger partial charge >= 0.3 is 24.2 Å². The topological polar surface area (TPSA) is 224 Å². The molecule has 0 unspecified atom stereocenters. The van der Waals surface area contributed by atoms with Crippen LogP contribution in [0.2, 0.25) is 0 Å². The molecule has 0 saturated heterocycles. The van der Waals surface area contributed by atoms with Gasteiger partial charge in [-0.1, -0.05) is 60.7 Å². The molecular formula is C37H48N6O10. The highest BCUT2D eigenvalue weighted by Crippen LogP contribution is 2.29. The number of nitrogens with one attached hydrogen (secondary N) is 3. The zero-order valence-electron chi connectivity index (χ0n) is 31.8. The van der Waals surface area contributed by atoms with E-state index in [1.54, 1.807) is 111 Å². The number of rotatable bonds is 6. The van der Waals surface area contributed by atoms with Gasteiger partial charge in [-0.05, 0) is 62.3 Å². The maximum Gasteiger partial charge on any atom is 0.421 e. The Morgan fingerprint density at radius 3 is 1.57 bits per heavy atom. The molecular weight excluding hydrogens is 688 g/mol. The average Bonchev–Trinajstić information content (AvgIpc) is 3.63. The normalized spacial score (nSPS) is 11.1. The predicted molar refractivity (Wildman–Crippen MR) is 198 cm³/mol. The number of hydrogen-bond donors (Lipinski definition) is 5. The fraction of sp³-hybridized carbons (Fsp3) is 0.378. The number of benzene rings is 2. The van der Waals surface area contributed by atoms with Crippen LogP contribution in [0.25, 0.3) is 22.8 Å². The third-order valence-corrected chi connectivity index (χ3v) is 6.02. The number of H-pyrrole nitrogens is 1. The lowest BCUT2D eigenvalue weighted by atomic mass is 10.2. The molecule has 0 aliphatic carbocycles. The van der Waals surface area contributed by atoms with Crippen LogP contribution in [0.3, 0.4) is 0 Å². The molecule has 16 heteroatoms. The smallest absolute Gasteiger partial charge is 0.421 e. The van der Waals surface area contributed by atoms with Crippen LogP contribution < -0.4 is 10.6 Å². The van der Waals surface area contributed by atoms with Crippen molar-refractivity contribution in [3.05, 3.63) is 72.1 Å². The third kappa shape index (κ3) is 13.6. The molecule has 286 valence electrons. The van der Waals surface area contributed by atoms with Gasteiger partial charge in [0.25, 0.3) is 0 Å². The average molecular weight is 737 g/mol. The van der Waals surface area contributed by atoms with Crippen LogP contribution >= 0.6 is 0 Å². The number of hydrogen-bond acceptors (Lipinski definition) is 11. The number of nitrogens with zero attached hydrogens (tertiary/aromatic N) is 3. The number of anilines is 2. The second-order valence-corrected chi connectivity index (χ2v) is 14.1. The standard InChI is InChI=1S/C21H27N3O5.C15H17N3O4.CH4O/c1-13(25)15-17(23-18(26)28-20(2,3)4)24(19(27)29-21(5,6)7)16(22-15)14-11-9-8-10-12-14;1-15(2,3)22-14(21)18-12-10(13(19)20)16-11(17-12)9-7-5-4-6-8-9;1-2/h8-12H,1-7H3,(H,23,26);4-8H,1-3H3,(H,16,17)(H,18,21)(H,19,20);2H,1H3. The quantitative estimate of drug-likeness (QED) is 0.0952. The number of carbonyl (C=O) groups excluding carboxylic acids is 4. The van der Waals surface area contributed by atoms with Crippen molar-refractivity contribution in [1.82, 2.24) is 19.5 Å². The summed E-state index contributed by atoms with van der Waals surface area (Å²) in [6.45, 7) is 16.7. The first-order valence-electron chi connectivity index (χ1n) is 16.3. The Bertz CT molecular complexity index is 1880. The minimum absolute atomic E-state index is 0.0689. The number of aliphatic hydroxyl groups is 1. The Kier molecular flexibility index (Phi) is 14.6. The van der Waals surface area contributed by atoms with E-state index in [1.165, 1.54) is 6.92 Å². The van der Waals surface area contributed by atoms with Crippen molar-refractivity contribution >= 4 is 41.7 Å². The van der Waals surface area contributed by atoms with Crippen molar-refractivity contribution in [2.45, 2.75) is 86.0 Å². The van der Waals surface area contributed by atoms with Gasteiger partial charge < -0.3 is 29.4 Å². The lowest BCUT2D eigenvalue weighted by Crippen LogP contribution is -2.31. The van der Waals surface area contributed by atoms with Crippen LogP contribution in [0.15, 0.2) is 60.7 Å². The molecule has 4 aromatic rings. The number of aliphatic hydroxyl groups excluding tert-OH is 1. The van der Waals surface area contributed by atoms with Crippen LogP contribution in [-0.2, 0) is 14.2 Å². The molecule has 0 aliphatic heterocycles. The van der Waals surface area contributed by atoms with Gasteiger partial charge in [0.05, 0.1) is 0 Å². The van der Waals surface area contributed by atoms with Crippen molar-refractivity contribution in [2.75, 3.05) is 17.7 Å². The summed E-state index contributed by atoms with van der Waals surface area (Å²) in [5.74, 6) is -1.29. The molecule has 53 heavy (non-hydrogen) atoms. The monoisotopic (exact) mass is 736 g/mol. The van der Waals surface area contributed by atoms with E-state index in [-0.39, 0.29) is 28.8 Å². The number of carboxylic acids is 1. The van der Waals surface area contributed by atoms with E-state index in [1.807, 2.05) is 12.1 Å². The first-order valence-corrected chi connectivity index (χ1v) is 16.3. The van der Waals surface area contributed by atoms with Gasteiger partial charge in [-0.15, -0.1) is 0 Å². The Morgan fingerprint density at radius 1 is 0.679 bits per heavy atom. The lowest BCUT2D eigenvalue weighted by Gasteiger charge is -2.22. The van der Waals surface area contributed by atoms with Crippen LogP contribution in [0.1, 0.15) is 90.2 Å². The number of ether oxygens (including phenoxy) is 3. The lowest BCUT2D eigenvalue weighted by molar-refractivity contribution is 0.0539. The van der Waals surface area contributed by atoms with Crippen molar-refractivity contribution in [1.29, 1.82) is 0 Å². The fourth-order valence-electron chi connectivity index (χ4n) is 4.20. The highest BCUT2D eigenvalue weighted by Gasteiger charge is 2.31. The number of Topliss-reactive ketones (excluding diaryl/α,β-unsaturated/α-hetero) is 1. The maximum atomic E-state index is 13.0. The molecule has 0 aliphatic rings. The van der Waals surface area contributed by atoms with Gasteiger partial charge in [0.2, 0.25) is 0 Å². The largest absolute Gasteiger partial charge is 0.476 e. The van der Waals surface area contributed by atoms with E-state index < -0.39 is 46.8 Å². The minimum Gasteiger partial charge on any atom is -0.476 e. The molecule has 0 fully saturated rings. The van der Waals surface area contributed by atoms with Crippen LogP contribution in [-0.4, -0.2) is 83.7 Å². The molecule has 0 radical (unpaired) electrons. The molecule has 0 atom stereocenters. The summed E-state index contributed by atoms with van der Waals surface area (Å²) in [5, 5.41) is 21.1. The van der Waals surface area contributed by atoms with Crippen molar-refractivity contribution < 1.29 is 48.4 Å². The summed E-state index contributed by atoms with van der Waals surface area (Å²) in [7, 11) is 1.00. The number of amides is 2. The van der Waals surface area contributed by atoms with Gasteiger partial charge in [0.1, 0.15) is 28.3 Å². The van der Waals surface area contributed by atoms with E-state index in [4.69, 9.17) is 19.3 Å². The molecule has 16 nitrogen and oxygen atoms in total. The predicted octanol–water partition coefficient (Wildman–Crippen LogP) is 7.61. The molecule has 2 aromatic carbocycles. The zero-order valence-corrected chi connectivity index (χ0v) is 31.8. The number of aromatic amines is 1. The fourth-order valence-corrected chi connectivity index (χ4v) is 4.20. The second-order valence-electron chi connectivity index (χ2n) is 14.1. The minimum atomic E-state index is -1.22. The Morgan fingerprint density at radius 2 is 1.13 bits per heavy atom. The molecule has 2 aromatic heterocycles. The molecule has 0 spiro atoms. The van der Waals surface area contributed by atoms with Crippen LogP contribution in [0.5, 0.6) is 0 Å². The summed E-state index contributed by atoms with van der Waals surface area (Å²) in [4.78, 5) is 71.7. The number of imidazole rings is 2. The van der Waals surface area contributed by atoms with Gasteiger partial charge in [-0.2, -0.15) is 0 Å². The number of aromatic nitrogens is 4. The van der Waals surface area contributed by atoms with E-state index in [2.05, 4.69) is 25.6 Å². The van der Waals surface area contributed by atoms with Crippen molar-refractivity contribution in [3.63, 3.8) is 0 Å². The molecule has 2 heterocycles. The van der Waals surface area contributed by atoms with E-state index >= 15 is 0 Å². The SMILES string of the molecule is CC(=O)c1nc(-c2ccccc2)n(C(=O)OC(C)(C)C)c1NC(=O)OC(C)(C)C.CC(C)(C)OC(=O)Nc1nc(-c2ccccc2)[nH]c1C(=O)O.CO. The van der Waals surface area contributed by atoms with E-state index in [0.29, 0.717) is 17.0 Å². The highest BCUT2D eigenvalue weighted by molar-refractivity contribution is 6.03. The van der Waals surface area contributed by atoms with Gasteiger partial charge in [-0.3, -0.25) is 15.4 Å². The second kappa shape index (κ2) is 17.9. The number of aromatic carboxylic acids is 1.